The molecule has 33 heavy (non-hydrogen) atoms. The van der Waals surface area contributed by atoms with E-state index in [2.05, 4.69) is 46.7 Å². The smallest absolute Gasteiger partial charge is 0.280 e. The third kappa shape index (κ3) is 6.84. The molecule has 0 saturated heterocycles. The number of nitrogens with zero attached hydrogens (tertiary/aromatic N) is 5. The molecule has 2 heterocycles. The molecule has 4 rings (SSSR count). The van der Waals surface area contributed by atoms with Gasteiger partial charge in [0.05, 0.1) is 13.7 Å². The number of aliphatic imine (C=N–C) groups is 1. The van der Waals surface area contributed by atoms with Crippen molar-refractivity contribution in [3.05, 3.63) is 24.0 Å². The second-order valence-corrected chi connectivity index (χ2v) is 8.29. The van der Waals surface area contributed by atoms with Crippen LogP contribution in [0.15, 0.2) is 23.2 Å². The summed E-state index contributed by atoms with van der Waals surface area (Å²) in [5.41, 5.74) is 0.537. The number of halogens is 1. The lowest BCUT2D eigenvalue weighted by atomic mass is 10.1. The molecule has 3 N–H and O–H groups in total. The minimum absolute atomic E-state index is 0.189. The summed E-state index contributed by atoms with van der Waals surface area (Å²) in [6.45, 7) is 2.34. The second kappa shape index (κ2) is 11.5. The Hall–Kier alpha value is -3.30. The van der Waals surface area contributed by atoms with Gasteiger partial charge in [-0.25, -0.2) is 8.97 Å². The maximum Gasteiger partial charge on any atom is 0.280 e. The highest BCUT2D eigenvalue weighted by molar-refractivity contribution is 5.67. The fourth-order valence-corrected chi connectivity index (χ4v) is 4.02. The predicted molar refractivity (Wildman–Crippen MR) is 129 cm³/mol. The van der Waals surface area contributed by atoms with Crippen molar-refractivity contribution < 1.29 is 13.7 Å². The molecule has 1 saturated carbocycles. The molecule has 9 nitrogen and oxygen atoms in total. The second-order valence-electron chi connectivity index (χ2n) is 8.29. The Balaban J connectivity index is 1.46. The topological polar surface area (TPSA) is 99.4 Å². The molecule has 2 aromatic rings. The number of aromatic nitrogens is 3. The fraction of sp³-hybridized carbons (Fsp3) is 0.522. The van der Waals surface area contributed by atoms with Gasteiger partial charge in [-0.1, -0.05) is 30.7 Å². The van der Waals surface area contributed by atoms with Gasteiger partial charge in [-0.05, 0) is 25.0 Å². The summed E-state index contributed by atoms with van der Waals surface area (Å²) < 4.78 is 21.2. The summed E-state index contributed by atoms with van der Waals surface area (Å²) in [5, 5.41) is 9.87. The van der Waals surface area contributed by atoms with Crippen LogP contribution in [-0.2, 0) is 0 Å². The molecular formula is C23H32FN8O+. The average molecular weight is 456 g/mol. The molecule has 1 fully saturated rings. The van der Waals surface area contributed by atoms with E-state index >= 15 is 0 Å². The highest BCUT2D eigenvalue weighted by Crippen LogP contribution is 2.24. The average Bonchev–Trinajstić information content (AvgIpc) is 3.20. The van der Waals surface area contributed by atoms with Gasteiger partial charge in [-0.15, -0.1) is 0 Å². The van der Waals surface area contributed by atoms with Crippen molar-refractivity contribution >= 4 is 36.1 Å². The molecule has 0 radical (unpaired) electrons. The summed E-state index contributed by atoms with van der Waals surface area (Å²) in [4.78, 5) is 17.8. The Labute approximate surface area is 193 Å². The van der Waals surface area contributed by atoms with Gasteiger partial charge in [0, 0.05) is 30.8 Å². The molecule has 1 aliphatic heterocycles. The first-order valence-corrected chi connectivity index (χ1v) is 11.7. The number of ether oxygens (including phenoxy) is 1. The highest BCUT2D eigenvalue weighted by atomic mass is 19.1. The van der Waals surface area contributed by atoms with Crippen LogP contribution in [0.5, 0.6) is 5.75 Å². The lowest BCUT2D eigenvalue weighted by Crippen LogP contribution is -2.21. The van der Waals surface area contributed by atoms with Crippen molar-refractivity contribution in [1.29, 1.82) is 0 Å². The van der Waals surface area contributed by atoms with Crippen molar-refractivity contribution in [2.24, 2.45) is 4.99 Å². The molecule has 1 aromatic carbocycles. The van der Waals surface area contributed by atoms with Gasteiger partial charge >= 0.3 is 0 Å². The Bertz CT molecular complexity index is 988. The number of rotatable bonds is 10. The van der Waals surface area contributed by atoms with Crippen molar-refractivity contribution in [2.75, 3.05) is 42.7 Å². The molecule has 2 aliphatic rings. The summed E-state index contributed by atoms with van der Waals surface area (Å²) in [6, 6.07) is 5.01. The summed E-state index contributed by atoms with van der Waals surface area (Å²) in [7, 11) is 1.44. The van der Waals surface area contributed by atoms with Crippen molar-refractivity contribution in [1.82, 2.24) is 15.0 Å². The number of hydrogen-bond donors (Lipinski definition) is 3. The summed E-state index contributed by atoms with van der Waals surface area (Å²) in [6.07, 6.45) is 12.0. The minimum atomic E-state index is -0.450. The van der Waals surface area contributed by atoms with Crippen LogP contribution in [0, 0.1) is 5.82 Å². The van der Waals surface area contributed by atoms with Crippen LogP contribution >= 0.6 is 0 Å². The Morgan fingerprint density at radius 2 is 1.85 bits per heavy atom. The molecule has 176 valence electrons. The van der Waals surface area contributed by atoms with E-state index in [0.717, 1.165) is 32.4 Å². The first-order chi connectivity index (χ1) is 16.2. The number of hydrogen-bond acceptors (Lipinski definition) is 8. The number of methoxy groups -OCH3 is 1. The van der Waals surface area contributed by atoms with E-state index in [9.17, 15) is 4.39 Å². The van der Waals surface area contributed by atoms with Gasteiger partial charge in [0.1, 0.15) is 6.21 Å². The van der Waals surface area contributed by atoms with Crippen LogP contribution in [0.1, 0.15) is 44.9 Å². The monoisotopic (exact) mass is 455 g/mol. The highest BCUT2D eigenvalue weighted by Gasteiger charge is 2.15. The van der Waals surface area contributed by atoms with Gasteiger partial charge in [0.15, 0.2) is 18.1 Å². The summed E-state index contributed by atoms with van der Waals surface area (Å²) >= 11 is 0. The van der Waals surface area contributed by atoms with Gasteiger partial charge in [-0.3, -0.25) is 0 Å². The Morgan fingerprint density at radius 1 is 1.06 bits per heavy atom. The molecule has 0 unspecified atom stereocenters. The third-order valence-corrected chi connectivity index (χ3v) is 5.76. The molecule has 1 aromatic heterocycles. The van der Waals surface area contributed by atoms with E-state index in [4.69, 9.17) is 4.74 Å². The summed E-state index contributed by atoms with van der Waals surface area (Å²) in [5.74, 6) is 1.10. The van der Waals surface area contributed by atoms with Crippen molar-refractivity contribution in [2.45, 2.75) is 51.0 Å². The van der Waals surface area contributed by atoms with Crippen LogP contribution < -0.4 is 20.7 Å². The van der Waals surface area contributed by atoms with E-state index in [0.29, 0.717) is 36.1 Å². The first-order valence-electron chi connectivity index (χ1n) is 11.7. The maximum absolute atomic E-state index is 14.1. The number of nitrogens with one attached hydrogen (secondary N) is 3. The molecule has 0 atom stereocenters. The lowest BCUT2D eigenvalue weighted by molar-refractivity contribution is -0.390. The Morgan fingerprint density at radius 3 is 2.58 bits per heavy atom. The predicted octanol–water partition coefficient (Wildman–Crippen LogP) is 3.82. The molecule has 0 bridgehead atoms. The van der Waals surface area contributed by atoms with E-state index in [1.165, 1.54) is 38.9 Å². The van der Waals surface area contributed by atoms with Gasteiger partial charge in [-0.2, -0.15) is 15.0 Å². The first kappa shape index (κ1) is 22.9. The van der Waals surface area contributed by atoms with Crippen LogP contribution in [0.3, 0.4) is 0 Å². The molecule has 0 spiro atoms. The van der Waals surface area contributed by atoms with Crippen LogP contribution in [0.4, 0.5) is 27.9 Å². The number of anilines is 4. The molecule has 10 heteroatoms. The molecular weight excluding hydrogens is 423 g/mol. The zero-order valence-electron chi connectivity index (χ0n) is 19.1. The van der Waals surface area contributed by atoms with Crippen LogP contribution in [-0.4, -0.2) is 64.9 Å². The van der Waals surface area contributed by atoms with E-state index < -0.39 is 5.82 Å². The Kier molecular flexibility index (Phi) is 7.99. The molecule has 1 aliphatic carbocycles. The SMILES string of the molecule is COc1ccc(Nc2nc(NCCC[N+]3=CCN=C3)nc(NC3CCCCCC3)n2)cc1F. The van der Waals surface area contributed by atoms with Crippen LogP contribution in [0.2, 0.25) is 0 Å². The van der Waals surface area contributed by atoms with Crippen LogP contribution in [0.25, 0.3) is 0 Å². The zero-order chi connectivity index (χ0) is 22.9. The number of benzene rings is 1. The quantitative estimate of drug-likeness (QED) is 0.284. The third-order valence-electron chi connectivity index (χ3n) is 5.76. The normalized spacial score (nSPS) is 16.2. The van der Waals surface area contributed by atoms with Crippen molar-refractivity contribution in [3.8, 4) is 5.75 Å². The van der Waals surface area contributed by atoms with Gasteiger partial charge in [0.25, 0.3) is 6.34 Å². The molecule has 0 amide bonds. The van der Waals surface area contributed by atoms with Gasteiger partial charge in [0.2, 0.25) is 17.8 Å². The minimum Gasteiger partial charge on any atom is -0.494 e. The largest absolute Gasteiger partial charge is 0.494 e. The van der Waals surface area contributed by atoms with E-state index in [-0.39, 0.29) is 5.75 Å². The van der Waals surface area contributed by atoms with Gasteiger partial charge < -0.3 is 20.7 Å². The zero-order valence-corrected chi connectivity index (χ0v) is 19.1. The fourth-order valence-electron chi connectivity index (χ4n) is 4.02. The van der Waals surface area contributed by atoms with Crippen molar-refractivity contribution in [3.63, 3.8) is 0 Å². The standard InChI is InChI=1S/C23H32FN8O/c1-33-20-10-9-18(15-19(20)24)28-23-30-21(26-11-6-13-32-14-12-25-16-32)29-22(31-23)27-17-7-4-2-3-5-8-17/h9-10,14-17H,2-8,11-13H2,1H3,(H3,26,27,28,29,30,31)/q+1. The van der Waals surface area contributed by atoms with E-state index in [1.807, 2.05) is 6.34 Å². The lowest BCUT2D eigenvalue weighted by Gasteiger charge is -2.17. The maximum atomic E-state index is 14.1. The van der Waals surface area contributed by atoms with E-state index in [1.54, 1.807) is 12.1 Å².